The normalized spacial score (nSPS) is 12.2. The molecular weight excluding hydrogens is 356 g/mol. The van der Waals surface area contributed by atoms with Crippen molar-refractivity contribution in [2.24, 2.45) is 0 Å². The second kappa shape index (κ2) is 7.93. The SMILES string of the molecule is CNC(=O)c1cccc(CNC(=O)/C=C/c2cc(Cl)c3c(c2)OCO3)c1. The van der Waals surface area contributed by atoms with Crippen LogP contribution in [0.1, 0.15) is 21.5 Å². The fourth-order valence-corrected chi connectivity index (χ4v) is 2.74. The Morgan fingerprint density at radius 2 is 2.08 bits per heavy atom. The highest BCUT2D eigenvalue weighted by Crippen LogP contribution is 2.40. The summed E-state index contributed by atoms with van der Waals surface area (Å²) < 4.78 is 10.5. The maximum Gasteiger partial charge on any atom is 0.251 e. The van der Waals surface area contributed by atoms with E-state index in [2.05, 4.69) is 10.6 Å². The van der Waals surface area contributed by atoms with Crippen molar-refractivity contribution in [2.45, 2.75) is 6.54 Å². The summed E-state index contributed by atoms with van der Waals surface area (Å²) in [4.78, 5) is 23.6. The summed E-state index contributed by atoms with van der Waals surface area (Å²) in [6.07, 6.45) is 3.06. The monoisotopic (exact) mass is 372 g/mol. The van der Waals surface area contributed by atoms with E-state index in [4.69, 9.17) is 21.1 Å². The van der Waals surface area contributed by atoms with E-state index in [0.29, 0.717) is 28.6 Å². The van der Waals surface area contributed by atoms with Crippen LogP contribution in [0.5, 0.6) is 11.5 Å². The molecule has 7 heteroatoms. The Balaban J connectivity index is 1.60. The van der Waals surface area contributed by atoms with Crippen LogP contribution in [0.3, 0.4) is 0 Å². The van der Waals surface area contributed by atoms with E-state index in [1.165, 1.54) is 6.08 Å². The fraction of sp³-hybridized carbons (Fsp3) is 0.158. The molecule has 2 aromatic carbocycles. The zero-order valence-electron chi connectivity index (χ0n) is 14.0. The van der Waals surface area contributed by atoms with Gasteiger partial charge in [-0.05, 0) is 41.5 Å². The predicted octanol–water partition coefficient (Wildman–Crippen LogP) is 2.76. The number of fused-ring (bicyclic) bond motifs is 1. The lowest BCUT2D eigenvalue weighted by atomic mass is 10.1. The van der Waals surface area contributed by atoms with Crippen molar-refractivity contribution in [3.8, 4) is 11.5 Å². The molecule has 1 aliphatic rings. The number of halogens is 1. The van der Waals surface area contributed by atoms with Gasteiger partial charge in [-0.15, -0.1) is 0 Å². The Hall–Kier alpha value is -2.99. The molecule has 26 heavy (non-hydrogen) atoms. The summed E-state index contributed by atoms with van der Waals surface area (Å²) in [5.74, 6) is 0.648. The zero-order chi connectivity index (χ0) is 18.5. The van der Waals surface area contributed by atoms with E-state index in [9.17, 15) is 9.59 Å². The van der Waals surface area contributed by atoms with E-state index in [-0.39, 0.29) is 18.6 Å². The summed E-state index contributed by atoms with van der Waals surface area (Å²) in [7, 11) is 1.57. The van der Waals surface area contributed by atoms with Crippen molar-refractivity contribution >= 4 is 29.5 Å². The first kappa shape index (κ1) is 17.8. The van der Waals surface area contributed by atoms with Gasteiger partial charge < -0.3 is 20.1 Å². The van der Waals surface area contributed by atoms with Crippen LogP contribution in [0.2, 0.25) is 5.02 Å². The highest BCUT2D eigenvalue weighted by atomic mass is 35.5. The van der Waals surface area contributed by atoms with E-state index >= 15 is 0 Å². The molecule has 1 aliphatic heterocycles. The summed E-state index contributed by atoms with van der Waals surface area (Å²) in [6, 6.07) is 10.5. The van der Waals surface area contributed by atoms with E-state index < -0.39 is 0 Å². The number of nitrogens with one attached hydrogen (secondary N) is 2. The van der Waals surface area contributed by atoms with Gasteiger partial charge in [-0.3, -0.25) is 9.59 Å². The van der Waals surface area contributed by atoms with E-state index in [1.54, 1.807) is 43.5 Å². The van der Waals surface area contributed by atoms with Gasteiger partial charge in [-0.2, -0.15) is 0 Å². The lowest BCUT2D eigenvalue weighted by molar-refractivity contribution is -0.116. The molecule has 1 heterocycles. The number of carbonyl (C=O) groups is 2. The van der Waals surface area contributed by atoms with E-state index in [0.717, 1.165) is 11.1 Å². The second-order valence-electron chi connectivity index (χ2n) is 5.57. The van der Waals surface area contributed by atoms with Crippen molar-refractivity contribution < 1.29 is 19.1 Å². The molecular formula is C19H17ClN2O4. The molecule has 0 radical (unpaired) electrons. The van der Waals surface area contributed by atoms with Crippen molar-refractivity contribution in [3.63, 3.8) is 0 Å². The van der Waals surface area contributed by atoms with Crippen molar-refractivity contribution in [3.05, 3.63) is 64.2 Å². The summed E-state index contributed by atoms with van der Waals surface area (Å²) in [5, 5.41) is 5.78. The topological polar surface area (TPSA) is 76.7 Å². The predicted molar refractivity (Wildman–Crippen MR) is 98.3 cm³/mol. The van der Waals surface area contributed by atoms with Gasteiger partial charge in [0.15, 0.2) is 11.5 Å². The quantitative estimate of drug-likeness (QED) is 0.791. The van der Waals surface area contributed by atoms with Gasteiger partial charge in [0, 0.05) is 25.2 Å². The Labute approximate surface area is 155 Å². The van der Waals surface area contributed by atoms with Gasteiger partial charge in [0.1, 0.15) is 0 Å². The molecule has 2 N–H and O–H groups in total. The number of amides is 2. The van der Waals surface area contributed by atoms with Crippen LogP contribution in [0.4, 0.5) is 0 Å². The van der Waals surface area contributed by atoms with Crippen LogP contribution >= 0.6 is 11.6 Å². The molecule has 6 nitrogen and oxygen atoms in total. The Morgan fingerprint density at radius 3 is 2.88 bits per heavy atom. The number of hydrogen-bond donors (Lipinski definition) is 2. The van der Waals surface area contributed by atoms with E-state index in [1.807, 2.05) is 6.07 Å². The molecule has 0 bridgehead atoms. The number of hydrogen-bond acceptors (Lipinski definition) is 4. The molecule has 0 unspecified atom stereocenters. The smallest absolute Gasteiger partial charge is 0.251 e. The standard InChI is InChI=1S/C19H17ClN2O4/c1-21-19(24)14-4-2-3-13(7-14)10-22-17(23)6-5-12-8-15(20)18-16(9-12)25-11-26-18/h2-9H,10-11H2,1H3,(H,21,24)(H,22,23)/b6-5+. The van der Waals surface area contributed by atoms with Crippen molar-refractivity contribution in [1.82, 2.24) is 10.6 Å². The van der Waals surface area contributed by atoms with Crippen LogP contribution < -0.4 is 20.1 Å². The maximum absolute atomic E-state index is 12.0. The Bertz CT molecular complexity index is 880. The zero-order valence-corrected chi connectivity index (χ0v) is 14.8. The lowest BCUT2D eigenvalue weighted by Crippen LogP contribution is -2.21. The Kier molecular flexibility index (Phi) is 5.43. The number of rotatable bonds is 5. The molecule has 0 aliphatic carbocycles. The minimum absolute atomic E-state index is 0.137. The molecule has 3 rings (SSSR count). The second-order valence-corrected chi connectivity index (χ2v) is 5.97. The highest BCUT2D eigenvalue weighted by molar-refractivity contribution is 6.32. The van der Waals surface area contributed by atoms with Gasteiger partial charge in [0.2, 0.25) is 12.7 Å². The first-order valence-corrected chi connectivity index (χ1v) is 8.30. The van der Waals surface area contributed by atoms with Gasteiger partial charge in [0.05, 0.1) is 5.02 Å². The first-order chi connectivity index (χ1) is 12.6. The van der Waals surface area contributed by atoms with Gasteiger partial charge in [-0.25, -0.2) is 0 Å². The van der Waals surface area contributed by atoms with Crippen LogP contribution in [-0.2, 0) is 11.3 Å². The summed E-state index contributed by atoms with van der Waals surface area (Å²) in [6.45, 7) is 0.452. The third kappa shape index (κ3) is 4.15. The van der Waals surface area contributed by atoms with Crippen LogP contribution in [0.25, 0.3) is 6.08 Å². The summed E-state index contributed by atoms with van der Waals surface area (Å²) in [5.41, 5.74) is 2.11. The van der Waals surface area contributed by atoms with Crippen LogP contribution in [0.15, 0.2) is 42.5 Å². The van der Waals surface area contributed by atoms with Crippen LogP contribution in [0, 0.1) is 0 Å². The van der Waals surface area contributed by atoms with Crippen molar-refractivity contribution in [2.75, 3.05) is 13.8 Å². The number of ether oxygens (including phenoxy) is 2. The molecule has 0 spiro atoms. The largest absolute Gasteiger partial charge is 0.454 e. The molecule has 2 aromatic rings. The minimum Gasteiger partial charge on any atom is -0.454 e. The molecule has 0 saturated carbocycles. The average molecular weight is 373 g/mol. The molecule has 134 valence electrons. The third-order valence-electron chi connectivity index (χ3n) is 3.76. The molecule has 0 aromatic heterocycles. The summed E-state index contributed by atoms with van der Waals surface area (Å²) >= 11 is 6.11. The molecule has 0 fully saturated rings. The third-order valence-corrected chi connectivity index (χ3v) is 4.04. The van der Waals surface area contributed by atoms with Gasteiger partial charge in [0.25, 0.3) is 5.91 Å². The van der Waals surface area contributed by atoms with Crippen molar-refractivity contribution in [1.29, 1.82) is 0 Å². The average Bonchev–Trinajstić information content (AvgIpc) is 3.13. The number of carbonyl (C=O) groups excluding carboxylic acids is 2. The fourth-order valence-electron chi connectivity index (χ4n) is 2.47. The molecule has 0 atom stereocenters. The minimum atomic E-state index is -0.260. The van der Waals surface area contributed by atoms with Crippen LogP contribution in [-0.4, -0.2) is 25.7 Å². The van der Waals surface area contributed by atoms with Gasteiger partial charge >= 0.3 is 0 Å². The maximum atomic E-state index is 12.0. The number of benzene rings is 2. The lowest BCUT2D eigenvalue weighted by Gasteiger charge is -2.05. The molecule has 2 amide bonds. The van der Waals surface area contributed by atoms with Gasteiger partial charge in [-0.1, -0.05) is 23.7 Å². The highest BCUT2D eigenvalue weighted by Gasteiger charge is 2.17. The first-order valence-electron chi connectivity index (χ1n) is 7.93. The Morgan fingerprint density at radius 1 is 1.23 bits per heavy atom. The molecule has 0 saturated heterocycles.